The number of amides is 1. The van der Waals surface area contributed by atoms with Crippen molar-refractivity contribution in [1.29, 1.82) is 0 Å². The Balaban J connectivity index is 4.01. The van der Waals surface area contributed by atoms with Crippen molar-refractivity contribution in [2.24, 2.45) is 0 Å². The van der Waals surface area contributed by atoms with Gasteiger partial charge in [0.05, 0.1) is 39.9 Å². The number of carbonyl (C=O) groups is 1. The number of unbranched alkanes of at least 4 members (excludes halogenated alkanes) is 54. The zero-order valence-corrected chi connectivity index (χ0v) is 55.1. The van der Waals surface area contributed by atoms with Gasteiger partial charge in [-0.3, -0.25) is 13.8 Å². The third-order valence-electron chi connectivity index (χ3n) is 16.8. The molecule has 0 heterocycles. The Labute approximate surface area is 494 Å². The highest BCUT2D eigenvalue weighted by molar-refractivity contribution is 7.47. The first-order chi connectivity index (χ1) is 38.5. The molecule has 0 bridgehead atoms. The molecule has 472 valence electrons. The van der Waals surface area contributed by atoms with Crippen molar-refractivity contribution >= 4 is 13.7 Å². The summed E-state index contributed by atoms with van der Waals surface area (Å²) in [5, 5.41) is 14.0. The van der Waals surface area contributed by atoms with Gasteiger partial charge in [-0.2, -0.15) is 0 Å². The van der Waals surface area contributed by atoms with E-state index in [1.54, 1.807) is 6.08 Å². The fraction of sp³-hybridized carbons (Fsp3) is 0.957. The Kier molecular flexibility index (Phi) is 61.2. The average molecular weight is 1140 g/mol. The summed E-state index contributed by atoms with van der Waals surface area (Å²) in [6.45, 7) is 4.89. The van der Waals surface area contributed by atoms with Gasteiger partial charge in [-0.1, -0.05) is 366 Å². The fourth-order valence-electron chi connectivity index (χ4n) is 11.2. The molecule has 0 aliphatic carbocycles. The quantitative estimate of drug-likeness (QED) is 0.0243. The van der Waals surface area contributed by atoms with Gasteiger partial charge in [0.25, 0.3) is 0 Å². The van der Waals surface area contributed by atoms with E-state index in [2.05, 4.69) is 19.2 Å². The van der Waals surface area contributed by atoms with Gasteiger partial charge in [-0.15, -0.1) is 0 Å². The summed E-state index contributed by atoms with van der Waals surface area (Å²) >= 11 is 0. The zero-order valence-electron chi connectivity index (χ0n) is 54.2. The Morgan fingerprint density at radius 1 is 0.418 bits per heavy atom. The molecule has 0 saturated carbocycles. The van der Waals surface area contributed by atoms with E-state index in [4.69, 9.17) is 9.05 Å². The molecule has 1 amide bonds. The minimum Gasteiger partial charge on any atom is -0.387 e. The van der Waals surface area contributed by atoms with Crippen LogP contribution in [0.25, 0.3) is 0 Å². The van der Waals surface area contributed by atoms with E-state index < -0.39 is 20.0 Å². The maximum atomic E-state index is 13.1. The second-order valence-electron chi connectivity index (χ2n) is 26.0. The van der Waals surface area contributed by atoms with Crippen molar-refractivity contribution in [2.45, 2.75) is 392 Å². The van der Waals surface area contributed by atoms with E-state index >= 15 is 0 Å². The molecule has 79 heavy (non-hydrogen) atoms. The van der Waals surface area contributed by atoms with Crippen molar-refractivity contribution in [3.63, 3.8) is 0 Å². The van der Waals surface area contributed by atoms with Crippen molar-refractivity contribution < 1.29 is 32.9 Å². The number of phosphoric ester groups is 1. The molecule has 0 radical (unpaired) electrons. The zero-order chi connectivity index (χ0) is 57.7. The van der Waals surface area contributed by atoms with Gasteiger partial charge in [0.15, 0.2) is 0 Å². The monoisotopic (exact) mass is 1140 g/mol. The standard InChI is InChI=1S/C70H141N2O6P/c1-6-8-10-12-14-16-18-20-22-24-26-28-30-32-34-35-36-37-38-40-42-44-46-48-50-52-54-56-58-60-62-64-70(74)71-68(67-78-79(75,76)77-66-65-72(3,4)5)69(73)63-61-59-57-55-53-51-49-47-45-43-41-39-33-31-29-27-25-23-21-19-17-15-13-11-9-7-2/h61,63,68-69,73H,6-60,62,64-67H2,1-5H3,(H-,71,74,75,76)/p+1/b63-61+. The van der Waals surface area contributed by atoms with Gasteiger partial charge in [-0.05, 0) is 19.3 Å². The molecular formula is C70H142N2O6P+. The van der Waals surface area contributed by atoms with Crippen LogP contribution in [0.3, 0.4) is 0 Å². The molecule has 3 atom stereocenters. The fourth-order valence-corrected chi connectivity index (χ4v) is 12.0. The maximum Gasteiger partial charge on any atom is 0.472 e. The number of phosphoric acid groups is 1. The van der Waals surface area contributed by atoms with Crippen LogP contribution in [0, 0.1) is 0 Å². The number of quaternary nitrogens is 1. The molecule has 0 spiro atoms. The van der Waals surface area contributed by atoms with Crippen molar-refractivity contribution in [3.8, 4) is 0 Å². The summed E-state index contributed by atoms with van der Waals surface area (Å²) in [6, 6.07) is -0.844. The lowest BCUT2D eigenvalue weighted by Gasteiger charge is -2.25. The van der Waals surface area contributed by atoms with Crippen LogP contribution in [0.4, 0.5) is 0 Å². The molecule has 0 aliphatic rings. The van der Waals surface area contributed by atoms with Crippen LogP contribution in [-0.2, 0) is 18.4 Å². The van der Waals surface area contributed by atoms with Gasteiger partial charge in [0.1, 0.15) is 13.2 Å². The van der Waals surface area contributed by atoms with Crippen molar-refractivity contribution in [1.82, 2.24) is 5.32 Å². The van der Waals surface area contributed by atoms with E-state index in [0.717, 1.165) is 32.1 Å². The Morgan fingerprint density at radius 2 is 0.671 bits per heavy atom. The van der Waals surface area contributed by atoms with Gasteiger partial charge >= 0.3 is 7.82 Å². The Bertz CT molecular complexity index is 1290. The molecule has 0 aromatic rings. The predicted molar refractivity (Wildman–Crippen MR) is 346 cm³/mol. The highest BCUT2D eigenvalue weighted by Crippen LogP contribution is 2.43. The van der Waals surface area contributed by atoms with E-state index in [1.165, 1.54) is 327 Å². The molecule has 9 heteroatoms. The number of aliphatic hydroxyl groups excluding tert-OH is 1. The van der Waals surface area contributed by atoms with Gasteiger partial charge in [-0.25, -0.2) is 4.57 Å². The number of nitrogens with zero attached hydrogens (tertiary/aromatic N) is 1. The number of carbonyl (C=O) groups excluding carboxylic acids is 1. The largest absolute Gasteiger partial charge is 0.472 e. The van der Waals surface area contributed by atoms with E-state index in [0.29, 0.717) is 17.4 Å². The number of hydrogen-bond acceptors (Lipinski definition) is 5. The summed E-state index contributed by atoms with van der Waals surface area (Å²) < 4.78 is 23.8. The van der Waals surface area contributed by atoms with E-state index in [9.17, 15) is 19.4 Å². The van der Waals surface area contributed by atoms with Gasteiger partial charge < -0.3 is 19.8 Å². The number of likely N-dealkylation sites (N-methyl/N-ethyl adjacent to an activating group) is 1. The van der Waals surface area contributed by atoms with Crippen LogP contribution in [0.15, 0.2) is 12.2 Å². The van der Waals surface area contributed by atoms with Crippen LogP contribution < -0.4 is 5.32 Å². The molecular weight excluding hydrogens is 996 g/mol. The second kappa shape index (κ2) is 61.8. The third kappa shape index (κ3) is 64.7. The number of rotatable bonds is 67. The summed E-state index contributed by atoms with van der Waals surface area (Å²) in [4.78, 5) is 23.4. The van der Waals surface area contributed by atoms with Crippen molar-refractivity contribution in [2.75, 3.05) is 40.9 Å². The van der Waals surface area contributed by atoms with Gasteiger partial charge in [0, 0.05) is 6.42 Å². The lowest BCUT2D eigenvalue weighted by molar-refractivity contribution is -0.870. The molecule has 8 nitrogen and oxygen atoms in total. The lowest BCUT2D eigenvalue weighted by atomic mass is 10.0. The van der Waals surface area contributed by atoms with E-state index in [-0.39, 0.29) is 19.1 Å². The predicted octanol–water partition coefficient (Wildman–Crippen LogP) is 22.5. The number of hydrogen-bond donors (Lipinski definition) is 3. The van der Waals surface area contributed by atoms with Crippen LogP contribution in [0.5, 0.6) is 0 Å². The first-order valence-corrected chi connectivity index (χ1v) is 37.1. The van der Waals surface area contributed by atoms with Crippen LogP contribution >= 0.6 is 7.82 Å². The molecule has 3 unspecified atom stereocenters. The molecule has 0 saturated heterocycles. The first kappa shape index (κ1) is 78.2. The highest BCUT2D eigenvalue weighted by atomic mass is 31.2. The smallest absolute Gasteiger partial charge is 0.387 e. The van der Waals surface area contributed by atoms with Gasteiger partial charge in [0.2, 0.25) is 5.91 Å². The summed E-state index contributed by atoms with van der Waals surface area (Å²) in [5.74, 6) is -0.166. The minimum absolute atomic E-state index is 0.0655. The number of nitrogens with one attached hydrogen (secondary N) is 1. The highest BCUT2D eigenvalue weighted by Gasteiger charge is 2.28. The minimum atomic E-state index is -4.35. The second-order valence-corrected chi connectivity index (χ2v) is 27.4. The SMILES string of the molecule is CCCCCCCCCCCCCCCCCCCCCCCCCC/C=C/C(O)C(COP(=O)(O)OCC[N+](C)(C)C)NC(=O)CCCCCCCCCCCCCCCCCCCCCCCCCCCCCCCCC. The molecule has 0 aromatic carbocycles. The van der Waals surface area contributed by atoms with E-state index in [1.807, 2.05) is 27.2 Å². The maximum absolute atomic E-state index is 13.1. The number of allylic oxidation sites excluding steroid dienone is 1. The summed E-state index contributed by atoms with van der Waals surface area (Å²) in [5.41, 5.74) is 0. The van der Waals surface area contributed by atoms with Crippen molar-refractivity contribution in [3.05, 3.63) is 12.2 Å². The van der Waals surface area contributed by atoms with Crippen LogP contribution in [0.2, 0.25) is 0 Å². The Hall–Kier alpha value is -0.760. The molecule has 0 fully saturated rings. The van der Waals surface area contributed by atoms with Crippen LogP contribution in [0.1, 0.15) is 380 Å². The topological polar surface area (TPSA) is 105 Å². The Morgan fingerprint density at radius 3 is 0.937 bits per heavy atom. The normalized spacial score (nSPS) is 13.7. The lowest BCUT2D eigenvalue weighted by Crippen LogP contribution is -2.45. The molecule has 0 aliphatic heterocycles. The molecule has 3 N–H and O–H groups in total. The third-order valence-corrected chi connectivity index (χ3v) is 17.7. The van der Waals surface area contributed by atoms with Crippen LogP contribution in [-0.4, -0.2) is 73.4 Å². The number of aliphatic hydroxyl groups is 1. The summed E-state index contributed by atoms with van der Waals surface area (Å²) in [6.07, 6.45) is 79.4. The summed E-state index contributed by atoms with van der Waals surface area (Å²) in [7, 11) is 1.60. The average Bonchev–Trinajstić information content (AvgIpc) is 3.42. The molecule has 0 rings (SSSR count). The molecule has 0 aromatic heterocycles. The first-order valence-electron chi connectivity index (χ1n) is 35.6.